The van der Waals surface area contributed by atoms with Crippen molar-refractivity contribution in [3.63, 3.8) is 0 Å². The van der Waals surface area contributed by atoms with Gasteiger partial charge in [0.2, 0.25) is 0 Å². The zero-order valence-electron chi connectivity index (χ0n) is 9.14. The number of hydrogen-bond donors (Lipinski definition) is 0. The highest BCUT2D eigenvalue weighted by Gasteiger charge is 2.18. The van der Waals surface area contributed by atoms with Crippen LogP contribution in [0.3, 0.4) is 0 Å². The van der Waals surface area contributed by atoms with Crippen LogP contribution in [0.15, 0.2) is 0 Å². The molecule has 78 valence electrons. The van der Waals surface area contributed by atoms with Crippen molar-refractivity contribution < 1.29 is 4.79 Å². The van der Waals surface area contributed by atoms with Crippen LogP contribution in [0.5, 0.6) is 0 Å². The highest BCUT2D eigenvalue weighted by molar-refractivity contribution is 5.81. The summed E-state index contributed by atoms with van der Waals surface area (Å²) in [4.78, 5) is 11.8. The van der Waals surface area contributed by atoms with Gasteiger partial charge in [0, 0.05) is 18.8 Å². The van der Waals surface area contributed by atoms with Gasteiger partial charge in [0.25, 0.3) is 0 Å². The van der Waals surface area contributed by atoms with Crippen molar-refractivity contribution in [2.24, 2.45) is 5.92 Å². The van der Waals surface area contributed by atoms with Crippen molar-refractivity contribution in [1.29, 1.82) is 0 Å². The molecule has 0 N–H and O–H groups in total. The fourth-order valence-electron chi connectivity index (χ4n) is 2.12. The zero-order valence-corrected chi connectivity index (χ0v) is 9.14. The number of carbonyl (C=O) groups is 1. The Kier molecular flexibility index (Phi) is 5.37. The monoisotopic (exact) mass is 192 g/mol. The molecule has 0 aromatic carbocycles. The molecule has 0 aromatic rings. The topological polar surface area (TPSA) is 17.1 Å². The van der Waals surface area contributed by atoms with Crippen molar-refractivity contribution in [1.82, 2.24) is 0 Å². The maximum absolute atomic E-state index is 11.8. The van der Waals surface area contributed by atoms with Crippen LogP contribution < -0.4 is 0 Å². The van der Waals surface area contributed by atoms with Gasteiger partial charge in [-0.2, -0.15) is 0 Å². The van der Waals surface area contributed by atoms with Gasteiger partial charge in [0.05, 0.1) is 0 Å². The molecule has 14 heavy (non-hydrogen) atoms. The summed E-state index contributed by atoms with van der Waals surface area (Å²) < 4.78 is 0. The van der Waals surface area contributed by atoms with Gasteiger partial charge < -0.3 is 0 Å². The Morgan fingerprint density at radius 1 is 1.21 bits per heavy atom. The van der Waals surface area contributed by atoms with Gasteiger partial charge in [-0.3, -0.25) is 4.79 Å². The van der Waals surface area contributed by atoms with Crippen LogP contribution in [-0.4, -0.2) is 5.78 Å². The number of ketones is 1. The van der Waals surface area contributed by atoms with Gasteiger partial charge in [-0.05, 0) is 19.8 Å². The minimum Gasteiger partial charge on any atom is -0.299 e. The van der Waals surface area contributed by atoms with Crippen LogP contribution in [0.2, 0.25) is 0 Å². The first-order chi connectivity index (χ1) is 6.84. The molecule has 0 aliphatic heterocycles. The first kappa shape index (κ1) is 11.3. The Morgan fingerprint density at radius 3 is 2.43 bits per heavy atom. The first-order valence-electron chi connectivity index (χ1n) is 5.77. The summed E-state index contributed by atoms with van der Waals surface area (Å²) in [6.07, 6.45) is 8.80. The van der Waals surface area contributed by atoms with Crippen LogP contribution in [0.4, 0.5) is 0 Å². The van der Waals surface area contributed by atoms with Crippen LogP contribution in [0.25, 0.3) is 0 Å². The molecular formula is C13H20O. The second-order valence-electron chi connectivity index (χ2n) is 4.08. The molecule has 0 radical (unpaired) electrons. The molecule has 0 unspecified atom stereocenters. The molecular weight excluding hydrogens is 172 g/mol. The van der Waals surface area contributed by atoms with Crippen LogP contribution in [0.1, 0.15) is 58.3 Å². The van der Waals surface area contributed by atoms with Crippen molar-refractivity contribution in [2.75, 3.05) is 0 Å². The van der Waals surface area contributed by atoms with Crippen LogP contribution in [0, 0.1) is 17.8 Å². The van der Waals surface area contributed by atoms with E-state index < -0.39 is 0 Å². The normalized spacial score (nSPS) is 18.1. The summed E-state index contributed by atoms with van der Waals surface area (Å²) in [5.41, 5.74) is 0. The van der Waals surface area contributed by atoms with Crippen LogP contribution >= 0.6 is 0 Å². The van der Waals surface area contributed by atoms with Gasteiger partial charge in [-0.15, -0.1) is 11.8 Å². The van der Waals surface area contributed by atoms with E-state index in [9.17, 15) is 4.79 Å². The molecule has 1 fully saturated rings. The van der Waals surface area contributed by atoms with E-state index >= 15 is 0 Å². The molecule has 0 bridgehead atoms. The lowest BCUT2D eigenvalue weighted by molar-refractivity contribution is -0.123. The average Bonchev–Trinajstić information content (AvgIpc) is 2.46. The van der Waals surface area contributed by atoms with E-state index in [2.05, 4.69) is 11.8 Å². The Bertz CT molecular complexity index is 223. The minimum atomic E-state index is 0.358. The predicted molar refractivity (Wildman–Crippen MR) is 58.9 cm³/mol. The maximum atomic E-state index is 11.8. The van der Waals surface area contributed by atoms with E-state index in [1.807, 2.05) is 6.92 Å². The molecule has 0 amide bonds. The molecule has 1 nitrogen and oxygen atoms in total. The Labute approximate surface area is 87.3 Å². The smallest absolute Gasteiger partial charge is 0.136 e. The zero-order chi connectivity index (χ0) is 10.2. The minimum absolute atomic E-state index is 0.358. The summed E-state index contributed by atoms with van der Waals surface area (Å²) in [6.45, 7) is 1.83. The van der Waals surface area contributed by atoms with Crippen LogP contribution in [-0.2, 0) is 4.79 Å². The highest BCUT2D eigenvalue weighted by atomic mass is 16.1. The third-order valence-electron chi connectivity index (χ3n) is 2.98. The lowest BCUT2D eigenvalue weighted by atomic mass is 9.93. The molecule has 0 aromatic heterocycles. The van der Waals surface area contributed by atoms with Gasteiger partial charge in [0.1, 0.15) is 5.78 Å². The molecule has 1 aliphatic carbocycles. The van der Waals surface area contributed by atoms with E-state index in [1.165, 1.54) is 25.7 Å². The van der Waals surface area contributed by atoms with E-state index in [-0.39, 0.29) is 0 Å². The largest absolute Gasteiger partial charge is 0.299 e. The molecule has 0 saturated heterocycles. The second kappa shape index (κ2) is 6.65. The molecule has 1 heteroatoms. The Morgan fingerprint density at radius 2 is 1.86 bits per heavy atom. The summed E-state index contributed by atoms with van der Waals surface area (Å²) in [6, 6.07) is 0. The van der Waals surface area contributed by atoms with Crippen molar-refractivity contribution >= 4 is 5.78 Å². The Balaban J connectivity index is 2.29. The van der Waals surface area contributed by atoms with Crippen molar-refractivity contribution in [2.45, 2.75) is 58.3 Å². The highest BCUT2D eigenvalue weighted by Crippen LogP contribution is 2.24. The molecule has 0 heterocycles. The van der Waals surface area contributed by atoms with Crippen molar-refractivity contribution in [3.8, 4) is 11.8 Å². The standard InChI is InChI=1S/C13H20O/c1-2-3-6-11-13(14)12-9-7-4-5-8-10-12/h12H,4-11H2,1H3. The number of Topliss-reactive ketones (excluding diaryl/α,β-unsaturated/α-hetero) is 1. The molecule has 1 aliphatic rings. The van der Waals surface area contributed by atoms with Gasteiger partial charge >= 0.3 is 0 Å². The lowest BCUT2D eigenvalue weighted by Crippen LogP contribution is -2.13. The summed E-state index contributed by atoms with van der Waals surface area (Å²) in [5, 5.41) is 0. The SMILES string of the molecule is CC#CCCC(=O)C1CCCCCC1. The second-order valence-corrected chi connectivity index (χ2v) is 4.08. The fraction of sp³-hybridized carbons (Fsp3) is 0.769. The third-order valence-corrected chi connectivity index (χ3v) is 2.98. The average molecular weight is 192 g/mol. The van der Waals surface area contributed by atoms with Gasteiger partial charge in [0.15, 0.2) is 0 Å². The molecule has 1 rings (SSSR count). The van der Waals surface area contributed by atoms with E-state index in [4.69, 9.17) is 0 Å². The van der Waals surface area contributed by atoms with Crippen molar-refractivity contribution in [3.05, 3.63) is 0 Å². The molecule has 0 atom stereocenters. The predicted octanol–water partition coefficient (Wildman–Crippen LogP) is 3.33. The maximum Gasteiger partial charge on any atom is 0.136 e. The van der Waals surface area contributed by atoms with Gasteiger partial charge in [-0.25, -0.2) is 0 Å². The summed E-state index contributed by atoms with van der Waals surface area (Å²) in [5.74, 6) is 6.61. The van der Waals surface area contributed by atoms with Gasteiger partial charge in [-0.1, -0.05) is 25.7 Å². The molecule has 1 saturated carbocycles. The fourth-order valence-corrected chi connectivity index (χ4v) is 2.12. The van der Waals surface area contributed by atoms with E-state index in [0.29, 0.717) is 18.1 Å². The van der Waals surface area contributed by atoms with E-state index in [0.717, 1.165) is 19.3 Å². The number of rotatable bonds is 3. The number of hydrogen-bond acceptors (Lipinski definition) is 1. The number of carbonyl (C=O) groups excluding carboxylic acids is 1. The summed E-state index contributed by atoms with van der Waals surface area (Å²) >= 11 is 0. The van der Waals surface area contributed by atoms with E-state index in [1.54, 1.807) is 0 Å². The Hall–Kier alpha value is -0.770. The quantitative estimate of drug-likeness (QED) is 0.495. The molecule has 0 spiro atoms. The lowest BCUT2D eigenvalue weighted by Gasteiger charge is -2.10. The summed E-state index contributed by atoms with van der Waals surface area (Å²) in [7, 11) is 0. The first-order valence-corrected chi connectivity index (χ1v) is 5.77. The third kappa shape index (κ3) is 3.96.